The summed E-state index contributed by atoms with van der Waals surface area (Å²) in [6.45, 7) is 5.47. The summed E-state index contributed by atoms with van der Waals surface area (Å²) in [5, 5.41) is 0. The van der Waals surface area contributed by atoms with Crippen LogP contribution in [0, 0.1) is 0 Å². The van der Waals surface area contributed by atoms with Crippen molar-refractivity contribution in [2.75, 3.05) is 26.2 Å². The zero-order chi connectivity index (χ0) is 17.7. The molecule has 1 aromatic carbocycles. The van der Waals surface area contributed by atoms with Gasteiger partial charge in [0, 0.05) is 51.0 Å². The molecule has 136 valence electrons. The molecule has 0 amide bonds. The predicted octanol–water partition coefficient (Wildman–Crippen LogP) is 2.26. The summed E-state index contributed by atoms with van der Waals surface area (Å²) in [6.07, 6.45) is 5.19. The summed E-state index contributed by atoms with van der Waals surface area (Å²) in [6, 6.07) is 8.67. The molecule has 0 aliphatic carbocycles. The molecule has 1 saturated heterocycles. The molecule has 0 atom stereocenters. The highest BCUT2D eigenvalue weighted by Crippen LogP contribution is 2.18. The van der Waals surface area contributed by atoms with Gasteiger partial charge in [0.05, 0.1) is 4.90 Å². The van der Waals surface area contributed by atoms with Gasteiger partial charge in [0.25, 0.3) is 0 Å². The Hall–Kier alpha value is -1.70. The summed E-state index contributed by atoms with van der Waals surface area (Å²) in [7, 11) is -3.38. The van der Waals surface area contributed by atoms with Crippen LogP contribution in [0.2, 0.25) is 0 Å². The average molecular weight is 362 g/mol. The van der Waals surface area contributed by atoms with Gasteiger partial charge in [-0.3, -0.25) is 4.90 Å². The first-order valence-electron chi connectivity index (χ1n) is 8.90. The van der Waals surface area contributed by atoms with E-state index in [0.29, 0.717) is 18.0 Å². The van der Waals surface area contributed by atoms with Crippen molar-refractivity contribution < 1.29 is 8.42 Å². The number of hydrogen-bond acceptors (Lipinski definition) is 4. The van der Waals surface area contributed by atoms with Crippen molar-refractivity contribution >= 4 is 10.0 Å². The number of aromatic amines is 1. The molecule has 0 saturated carbocycles. The van der Waals surface area contributed by atoms with Crippen LogP contribution in [0.15, 0.2) is 41.4 Å². The van der Waals surface area contributed by atoms with Gasteiger partial charge in [0.15, 0.2) is 0 Å². The van der Waals surface area contributed by atoms with Crippen molar-refractivity contribution in [2.24, 2.45) is 0 Å². The van der Waals surface area contributed by atoms with Gasteiger partial charge >= 0.3 is 0 Å². The van der Waals surface area contributed by atoms with E-state index in [0.717, 1.165) is 50.4 Å². The Morgan fingerprint density at radius 3 is 2.52 bits per heavy atom. The zero-order valence-corrected chi connectivity index (χ0v) is 15.5. The third-order valence-electron chi connectivity index (χ3n) is 4.55. The van der Waals surface area contributed by atoms with E-state index in [1.165, 1.54) is 0 Å². The molecule has 1 aromatic heterocycles. The van der Waals surface area contributed by atoms with Crippen molar-refractivity contribution in [1.29, 1.82) is 0 Å². The van der Waals surface area contributed by atoms with E-state index in [1.807, 2.05) is 12.3 Å². The minimum atomic E-state index is -3.38. The Labute approximate surface area is 149 Å². The van der Waals surface area contributed by atoms with Crippen LogP contribution in [0.25, 0.3) is 0 Å². The van der Waals surface area contributed by atoms with Crippen LogP contribution < -0.4 is 0 Å². The standard InChI is InChI=1S/C18H26N4O2S/c1-2-3-9-18-19-14-16(20-18)15-21-10-12-22(13-11-21)25(23,24)17-7-5-4-6-8-17/h4-8,14H,2-3,9-13,15H2,1H3,(H,19,20). The third kappa shape index (κ3) is 4.48. The Bertz CT molecular complexity index is 765. The molecule has 3 rings (SSSR count). The van der Waals surface area contributed by atoms with Crippen LogP contribution in [0.1, 0.15) is 31.3 Å². The second-order valence-electron chi connectivity index (χ2n) is 6.45. The molecule has 2 aromatic rings. The number of aryl methyl sites for hydroxylation is 1. The second kappa shape index (κ2) is 8.12. The number of sulfonamides is 1. The van der Waals surface area contributed by atoms with Crippen LogP contribution in [-0.4, -0.2) is 53.8 Å². The monoisotopic (exact) mass is 362 g/mol. The number of imidazole rings is 1. The number of nitrogens with one attached hydrogen (secondary N) is 1. The van der Waals surface area contributed by atoms with Gasteiger partial charge in [0.1, 0.15) is 5.82 Å². The lowest BCUT2D eigenvalue weighted by molar-refractivity contribution is 0.180. The van der Waals surface area contributed by atoms with Crippen LogP contribution in [0.3, 0.4) is 0 Å². The van der Waals surface area contributed by atoms with Crippen molar-refractivity contribution in [3.8, 4) is 0 Å². The first-order valence-corrected chi connectivity index (χ1v) is 10.3. The van der Waals surface area contributed by atoms with Crippen molar-refractivity contribution in [2.45, 2.75) is 37.6 Å². The largest absolute Gasteiger partial charge is 0.345 e. The van der Waals surface area contributed by atoms with E-state index >= 15 is 0 Å². The Balaban J connectivity index is 1.54. The molecule has 0 radical (unpaired) electrons. The molecule has 0 spiro atoms. The molecule has 1 aliphatic heterocycles. The fourth-order valence-electron chi connectivity index (χ4n) is 3.07. The van der Waals surface area contributed by atoms with Gasteiger partial charge in [-0.2, -0.15) is 4.31 Å². The fraction of sp³-hybridized carbons (Fsp3) is 0.500. The van der Waals surface area contributed by atoms with E-state index in [9.17, 15) is 8.42 Å². The fourth-order valence-corrected chi connectivity index (χ4v) is 4.51. The number of H-pyrrole nitrogens is 1. The average Bonchev–Trinajstić information content (AvgIpc) is 3.08. The smallest absolute Gasteiger partial charge is 0.243 e. The SMILES string of the molecule is CCCCc1ncc(CN2CCN(S(=O)(=O)c3ccccc3)CC2)[nH]1. The number of unbranched alkanes of at least 4 members (excludes halogenated alkanes) is 1. The van der Waals surface area contributed by atoms with Gasteiger partial charge in [-0.15, -0.1) is 0 Å². The lowest BCUT2D eigenvalue weighted by Gasteiger charge is -2.33. The molecule has 25 heavy (non-hydrogen) atoms. The lowest BCUT2D eigenvalue weighted by Crippen LogP contribution is -2.48. The van der Waals surface area contributed by atoms with E-state index < -0.39 is 10.0 Å². The van der Waals surface area contributed by atoms with E-state index in [1.54, 1.807) is 28.6 Å². The minimum absolute atomic E-state index is 0.373. The second-order valence-corrected chi connectivity index (χ2v) is 8.39. The minimum Gasteiger partial charge on any atom is -0.345 e. The van der Waals surface area contributed by atoms with Gasteiger partial charge in [-0.05, 0) is 18.6 Å². The number of rotatable bonds is 7. The molecule has 1 fully saturated rings. The maximum Gasteiger partial charge on any atom is 0.243 e. The van der Waals surface area contributed by atoms with Crippen LogP contribution in [-0.2, 0) is 23.0 Å². The van der Waals surface area contributed by atoms with Crippen LogP contribution in [0.5, 0.6) is 0 Å². The third-order valence-corrected chi connectivity index (χ3v) is 6.47. The van der Waals surface area contributed by atoms with Crippen molar-refractivity contribution in [3.63, 3.8) is 0 Å². The molecule has 2 heterocycles. The summed E-state index contributed by atoms with van der Waals surface area (Å²) < 4.78 is 26.9. The van der Waals surface area contributed by atoms with Gasteiger partial charge in [0.2, 0.25) is 10.0 Å². The number of piperazine rings is 1. The van der Waals surface area contributed by atoms with Crippen LogP contribution >= 0.6 is 0 Å². The molecule has 6 nitrogen and oxygen atoms in total. The van der Waals surface area contributed by atoms with Crippen molar-refractivity contribution in [1.82, 2.24) is 19.2 Å². The molecular weight excluding hydrogens is 336 g/mol. The molecule has 1 N–H and O–H groups in total. The number of benzene rings is 1. The number of aromatic nitrogens is 2. The van der Waals surface area contributed by atoms with Gasteiger partial charge in [-0.25, -0.2) is 13.4 Å². The lowest BCUT2D eigenvalue weighted by atomic mass is 10.2. The highest BCUT2D eigenvalue weighted by molar-refractivity contribution is 7.89. The summed E-state index contributed by atoms with van der Waals surface area (Å²) in [4.78, 5) is 10.4. The molecule has 0 unspecified atom stereocenters. The van der Waals surface area contributed by atoms with Gasteiger partial charge < -0.3 is 4.98 Å². The van der Waals surface area contributed by atoms with E-state index in [-0.39, 0.29) is 0 Å². The number of hydrogen-bond donors (Lipinski definition) is 1. The highest BCUT2D eigenvalue weighted by Gasteiger charge is 2.28. The Morgan fingerprint density at radius 2 is 1.84 bits per heavy atom. The molecular formula is C18H26N4O2S. The maximum atomic E-state index is 12.6. The van der Waals surface area contributed by atoms with Crippen LogP contribution in [0.4, 0.5) is 0 Å². The zero-order valence-electron chi connectivity index (χ0n) is 14.7. The molecule has 0 bridgehead atoms. The predicted molar refractivity (Wildman–Crippen MR) is 97.7 cm³/mol. The van der Waals surface area contributed by atoms with Gasteiger partial charge in [-0.1, -0.05) is 31.5 Å². The van der Waals surface area contributed by atoms with Crippen molar-refractivity contribution in [3.05, 3.63) is 48.0 Å². The number of nitrogens with zero attached hydrogens (tertiary/aromatic N) is 3. The highest BCUT2D eigenvalue weighted by atomic mass is 32.2. The molecule has 1 aliphatic rings. The topological polar surface area (TPSA) is 69.3 Å². The Kier molecular flexibility index (Phi) is 5.88. The first kappa shape index (κ1) is 18.1. The summed E-state index contributed by atoms with van der Waals surface area (Å²) in [5.41, 5.74) is 1.10. The van der Waals surface area contributed by atoms with E-state index in [2.05, 4.69) is 21.8 Å². The normalized spacial score (nSPS) is 17.0. The van der Waals surface area contributed by atoms with E-state index in [4.69, 9.17) is 0 Å². The Morgan fingerprint density at radius 1 is 1.12 bits per heavy atom. The maximum absolute atomic E-state index is 12.6. The summed E-state index contributed by atoms with van der Waals surface area (Å²) >= 11 is 0. The first-order chi connectivity index (χ1) is 12.1. The summed E-state index contributed by atoms with van der Waals surface area (Å²) in [5.74, 6) is 1.04. The quantitative estimate of drug-likeness (QED) is 0.820. The molecule has 7 heteroatoms.